The third kappa shape index (κ3) is 7.80. The number of hydrogen-bond donors (Lipinski definition) is 2. The molecule has 0 spiro atoms. The molecular weight excluding hydrogens is 657 g/mol. The van der Waals surface area contributed by atoms with Crippen molar-refractivity contribution in [2.75, 3.05) is 10.5 Å². The van der Waals surface area contributed by atoms with Crippen LogP contribution >= 0.6 is 11.8 Å². The number of aromatic nitrogens is 1. The van der Waals surface area contributed by atoms with Gasteiger partial charge in [0, 0.05) is 34.6 Å². The van der Waals surface area contributed by atoms with Gasteiger partial charge in [0.15, 0.2) is 12.1 Å². The number of thioether (sulfide) groups is 1. The molecule has 6 aromatic rings. The molecule has 7 rings (SSSR count). The van der Waals surface area contributed by atoms with Crippen molar-refractivity contribution >= 4 is 27.5 Å². The first-order valence-electron chi connectivity index (χ1n) is 15.9. The Balaban J connectivity index is 1.12. The van der Waals surface area contributed by atoms with Crippen molar-refractivity contribution in [3.63, 3.8) is 0 Å². The zero-order chi connectivity index (χ0) is 33.6. The van der Waals surface area contributed by atoms with E-state index in [9.17, 15) is 13.5 Å². The van der Waals surface area contributed by atoms with E-state index in [4.69, 9.17) is 18.9 Å². The molecule has 10 heteroatoms. The van der Waals surface area contributed by atoms with Gasteiger partial charge in [0.25, 0.3) is 15.2 Å². The lowest BCUT2D eigenvalue weighted by Gasteiger charge is -2.36. The Labute approximate surface area is 289 Å². The Kier molecular flexibility index (Phi) is 9.92. The van der Waals surface area contributed by atoms with Gasteiger partial charge in [-0.25, -0.2) is 13.4 Å². The normalized spacial score (nSPS) is 17.9. The molecule has 1 aliphatic rings. The quantitative estimate of drug-likeness (QED) is 0.130. The van der Waals surface area contributed by atoms with Crippen molar-refractivity contribution in [3.8, 4) is 22.6 Å². The summed E-state index contributed by atoms with van der Waals surface area (Å²) in [5, 5.41) is 10.1. The molecule has 2 heterocycles. The smallest absolute Gasteiger partial charge is 0.261 e. The number of rotatable bonds is 11. The highest BCUT2D eigenvalue weighted by Crippen LogP contribution is 2.41. The fraction of sp³-hybridized carbons (Fsp3) is 0.154. The van der Waals surface area contributed by atoms with Crippen LogP contribution in [0.25, 0.3) is 22.6 Å². The van der Waals surface area contributed by atoms with E-state index in [0.717, 1.165) is 33.5 Å². The summed E-state index contributed by atoms with van der Waals surface area (Å²) in [6.45, 7) is -0.0384. The van der Waals surface area contributed by atoms with Crippen LogP contribution in [0.4, 0.5) is 5.69 Å². The molecule has 1 aliphatic heterocycles. The first kappa shape index (κ1) is 32.8. The summed E-state index contributed by atoms with van der Waals surface area (Å²) in [7, 11) is -3.73. The van der Waals surface area contributed by atoms with E-state index in [1.165, 1.54) is 11.8 Å². The Morgan fingerprint density at radius 3 is 2.00 bits per heavy atom. The van der Waals surface area contributed by atoms with E-state index in [1.54, 1.807) is 54.6 Å². The van der Waals surface area contributed by atoms with Crippen LogP contribution in [-0.2, 0) is 26.1 Å². The molecule has 1 aromatic heterocycles. The van der Waals surface area contributed by atoms with Crippen LogP contribution in [0.1, 0.15) is 35.5 Å². The number of oxazole rings is 1. The topological polar surface area (TPSA) is 111 Å². The average Bonchev–Trinajstić information content (AvgIpc) is 3.60. The lowest BCUT2D eigenvalue weighted by atomic mass is 10.0. The average molecular weight is 691 g/mol. The van der Waals surface area contributed by atoms with Gasteiger partial charge in [0.05, 0.1) is 23.7 Å². The van der Waals surface area contributed by atoms with Crippen LogP contribution in [0.15, 0.2) is 154 Å². The summed E-state index contributed by atoms with van der Waals surface area (Å²) in [6, 6.07) is 42.9. The molecule has 5 aromatic carbocycles. The maximum Gasteiger partial charge on any atom is 0.261 e. The molecular formula is C39H34N2O6S2. The first-order valence-corrected chi connectivity index (χ1v) is 18.3. The monoisotopic (exact) mass is 690 g/mol. The molecule has 0 radical (unpaired) electrons. The zero-order valence-electron chi connectivity index (χ0n) is 26.4. The Hall–Kier alpha value is -4.71. The Bertz CT molecular complexity index is 2020. The highest BCUT2D eigenvalue weighted by Gasteiger charge is 2.33. The fourth-order valence-corrected chi connectivity index (χ4v) is 7.57. The number of anilines is 1. The second kappa shape index (κ2) is 14.8. The van der Waals surface area contributed by atoms with E-state index >= 15 is 0 Å². The second-order valence-corrected chi connectivity index (χ2v) is 14.2. The van der Waals surface area contributed by atoms with Crippen molar-refractivity contribution < 1.29 is 27.4 Å². The highest BCUT2D eigenvalue weighted by atomic mass is 32.2. The van der Waals surface area contributed by atoms with Crippen molar-refractivity contribution in [2.24, 2.45) is 0 Å². The van der Waals surface area contributed by atoms with E-state index in [1.807, 2.05) is 84.9 Å². The molecule has 1 saturated heterocycles. The molecule has 0 amide bonds. The van der Waals surface area contributed by atoms with Crippen LogP contribution in [0.3, 0.4) is 0 Å². The first-order chi connectivity index (χ1) is 23.9. The minimum Gasteiger partial charge on any atom is -0.431 e. The SMILES string of the molecule is O=S(=O)(Nc1ccc([C@@H]2O[C@H](CSc3nc(-c4ccccc4)c(-c4ccccc4)o3)C[C@H](c3ccc(CO)cc3)O2)cc1)c1ccccc1. The van der Waals surface area contributed by atoms with Gasteiger partial charge < -0.3 is 19.0 Å². The fourth-order valence-electron chi connectivity index (χ4n) is 5.65. The van der Waals surface area contributed by atoms with Gasteiger partial charge in [-0.15, -0.1) is 0 Å². The lowest BCUT2D eigenvalue weighted by molar-refractivity contribution is -0.245. The van der Waals surface area contributed by atoms with Crippen LogP contribution in [0.2, 0.25) is 0 Å². The van der Waals surface area contributed by atoms with Gasteiger partial charge in [-0.2, -0.15) is 0 Å². The molecule has 3 atom stereocenters. The summed E-state index contributed by atoms with van der Waals surface area (Å²) in [5.41, 5.74) is 5.68. The van der Waals surface area contributed by atoms with Crippen LogP contribution in [0, 0.1) is 0 Å². The number of nitrogens with one attached hydrogen (secondary N) is 1. The number of aliphatic hydroxyl groups is 1. The minimum absolute atomic E-state index is 0.0384. The maximum atomic E-state index is 12.9. The van der Waals surface area contributed by atoms with Crippen LogP contribution in [-0.4, -0.2) is 30.4 Å². The third-order valence-corrected chi connectivity index (χ3v) is 10.5. The van der Waals surface area contributed by atoms with Gasteiger partial charge in [-0.3, -0.25) is 4.72 Å². The van der Waals surface area contributed by atoms with Gasteiger partial charge in [0.2, 0.25) is 0 Å². The predicted octanol–water partition coefficient (Wildman–Crippen LogP) is 8.64. The number of ether oxygens (including phenoxy) is 2. The lowest BCUT2D eigenvalue weighted by Crippen LogP contribution is -2.31. The van der Waals surface area contributed by atoms with Gasteiger partial charge in [-0.1, -0.05) is 127 Å². The number of benzene rings is 5. The molecule has 0 bridgehead atoms. The van der Waals surface area contributed by atoms with Crippen LogP contribution in [0.5, 0.6) is 0 Å². The molecule has 1 fully saturated rings. The largest absolute Gasteiger partial charge is 0.431 e. The minimum atomic E-state index is -3.73. The zero-order valence-corrected chi connectivity index (χ0v) is 28.0. The summed E-state index contributed by atoms with van der Waals surface area (Å²) in [6.07, 6.45) is -0.618. The summed E-state index contributed by atoms with van der Waals surface area (Å²) >= 11 is 1.49. The number of nitrogens with zero attached hydrogens (tertiary/aromatic N) is 1. The number of aliphatic hydroxyl groups excluding tert-OH is 1. The van der Waals surface area contributed by atoms with E-state index < -0.39 is 16.3 Å². The third-order valence-electron chi connectivity index (χ3n) is 8.19. The number of hydrogen-bond acceptors (Lipinski definition) is 8. The Morgan fingerprint density at radius 2 is 1.35 bits per heavy atom. The molecule has 8 nitrogen and oxygen atoms in total. The van der Waals surface area contributed by atoms with Crippen molar-refractivity contribution in [2.45, 2.75) is 41.6 Å². The predicted molar refractivity (Wildman–Crippen MR) is 190 cm³/mol. The second-order valence-electron chi connectivity index (χ2n) is 11.6. The maximum absolute atomic E-state index is 12.9. The van der Waals surface area contributed by atoms with Crippen molar-refractivity contribution in [1.29, 1.82) is 0 Å². The van der Waals surface area contributed by atoms with Gasteiger partial charge in [0.1, 0.15) is 5.69 Å². The molecule has 0 aliphatic carbocycles. The molecule has 2 N–H and O–H groups in total. The van der Waals surface area contributed by atoms with E-state index in [0.29, 0.717) is 28.8 Å². The van der Waals surface area contributed by atoms with Crippen LogP contribution < -0.4 is 4.72 Å². The summed E-state index contributed by atoms with van der Waals surface area (Å²) in [4.78, 5) is 5.09. The Morgan fingerprint density at radius 1 is 0.735 bits per heavy atom. The van der Waals surface area contributed by atoms with E-state index in [2.05, 4.69) is 4.72 Å². The molecule has 49 heavy (non-hydrogen) atoms. The summed E-state index contributed by atoms with van der Waals surface area (Å²) < 4.78 is 47.7. The molecule has 0 saturated carbocycles. The standard InChI is InChI=1S/C39H34N2O6S2/c42-25-27-16-18-28(19-17-27)35-24-33(26-48-39-40-36(29-10-4-1-5-11-29)37(47-39)30-12-6-2-7-13-30)45-38(46-35)31-20-22-32(23-21-31)41-49(43,44)34-14-8-3-9-15-34/h1-23,33,35,38,41-42H,24-26H2/t33-,35+,38+/m0/s1. The summed E-state index contributed by atoms with van der Waals surface area (Å²) in [5.74, 6) is 1.27. The molecule has 0 unspecified atom stereocenters. The van der Waals surface area contributed by atoms with Gasteiger partial charge >= 0.3 is 0 Å². The van der Waals surface area contributed by atoms with Gasteiger partial charge in [-0.05, 0) is 35.4 Å². The van der Waals surface area contributed by atoms with Crippen molar-refractivity contribution in [3.05, 3.63) is 156 Å². The van der Waals surface area contributed by atoms with Crippen molar-refractivity contribution in [1.82, 2.24) is 4.98 Å². The highest BCUT2D eigenvalue weighted by molar-refractivity contribution is 7.99. The van der Waals surface area contributed by atoms with E-state index in [-0.39, 0.29) is 23.7 Å². The number of sulfonamides is 1. The molecule has 248 valence electrons.